The van der Waals surface area contributed by atoms with Crippen molar-refractivity contribution in [1.82, 2.24) is 0 Å². The number of hydrogen-bond acceptors (Lipinski definition) is 2. The summed E-state index contributed by atoms with van der Waals surface area (Å²) >= 11 is -1.31. The number of hydrogen-bond donors (Lipinski definition) is 0. The van der Waals surface area contributed by atoms with E-state index in [9.17, 15) is 4.79 Å². The van der Waals surface area contributed by atoms with E-state index in [1.807, 2.05) is 18.2 Å². The Morgan fingerprint density at radius 3 is 1.76 bits per heavy atom. The van der Waals surface area contributed by atoms with Gasteiger partial charge in [0, 0.05) is 0 Å². The molecule has 0 aromatic heterocycles. The van der Waals surface area contributed by atoms with Crippen molar-refractivity contribution in [3.05, 3.63) is 40.6 Å². The first-order valence-corrected chi connectivity index (χ1v) is 15.1. The topological polar surface area (TPSA) is 26.3 Å². The summed E-state index contributed by atoms with van der Waals surface area (Å²) in [6.45, 7) is 2.28. The molecule has 0 N–H and O–H groups in total. The number of unbranched alkanes of at least 4 members (excludes halogenated alkanes) is 14. The average molecular weight is 452 g/mol. The van der Waals surface area contributed by atoms with Gasteiger partial charge in [-0.25, -0.2) is 0 Å². The third-order valence-electron chi connectivity index (χ3n) is 5.43. The molecule has 0 unspecified atom stereocenters. The van der Waals surface area contributed by atoms with Crippen molar-refractivity contribution >= 4 is 12.0 Å². The maximum atomic E-state index is 11.8. The molecule has 2 nitrogen and oxygen atoms in total. The van der Waals surface area contributed by atoms with Gasteiger partial charge in [-0.3, -0.25) is 0 Å². The number of carbonyl (C=O) groups excluding carboxylic acids is 1. The van der Waals surface area contributed by atoms with Crippen LogP contribution in [0.1, 0.15) is 115 Å². The molecule has 0 saturated carbocycles. The predicted molar refractivity (Wildman–Crippen MR) is 121 cm³/mol. The fourth-order valence-electron chi connectivity index (χ4n) is 3.60. The Labute approximate surface area is 187 Å². The van der Waals surface area contributed by atoms with Gasteiger partial charge in [0.05, 0.1) is 0 Å². The summed E-state index contributed by atoms with van der Waals surface area (Å²) in [5.74, 6) is 0.0115. The van der Waals surface area contributed by atoms with Crippen LogP contribution in [0, 0.1) is 0 Å². The minimum absolute atomic E-state index is 0.0115. The molecule has 0 aliphatic heterocycles. The molecule has 29 heavy (non-hydrogen) atoms. The molecular formula is C26H42O2Zn. The molecule has 0 heterocycles. The van der Waals surface area contributed by atoms with Gasteiger partial charge in [0.1, 0.15) is 0 Å². The Hall–Kier alpha value is -0.947. The Kier molecular flexibility index (Phi) is 18.3. The Balaban J connectivity index is 1.79. The van der Waals surface area contributed by atoms with E-state index in [4.69, 9.17) is 3.56 Å². The molecule has 0 amide bonds. The number of benzene rings is 1. The van der Waals surface area contributed by atoms with Crippen molar-refractivity contribution in [2.45, 2.75) is 110 Å². The predicted octanol–water partition coefficient (Wildman–Crippen LogP) is 8.46. The van der Waals surface area contributed by atoms with E-state index in [1.165, 1.54) is 95.5 Å². The van der Waals surface area contributed by atoms with Crippen LogP contribution in [0.25, 0.3) is 6.08 Å². The molecular weight excluding hydrogens is 410 g/mol. The van der Waals surface area contributed by atoms with Crippen LogP contribution in [0.5, 0.6) is 0 Å². The Morgan fingerprint density at radius 1 is 0.759 bits per heavy atom. The number of carbonyl (C=O) groups is 1. The molecule has 0 aliphatic rings. The standard InChI is InChI=1S/C18H36O2.C8H7.Zn/c1-2-3-4-5-6-7-8-9-10-11-12-13-14-15-16-17-18(19)20;1-2-8-6-4-3-5-7-8;/h2-17H2,1H3,(H,19,20);1-7H;/q;;+1/p-1. The summed E-state index contributed by atoms with van der Waals surface area (Å²) in [6.07, 6.45) is 22.9. The van der Waals surface area contributed by atoms with Gasteiger partial charge in [0.25, 0.3) is 0 Å². The van der Waals surface area contributed by atoms with Crippen molar-refractivity contribution in [2.24, 2.45) is 0 Å². The zero-order chi connectivity index (χ0) is 20.8. The zero-order valence-electron chi connectivity index (χ0n) is 18.9. The van der Waals surface area contributed by atoms with Gasteiger partial charge in [-0.2, -0.15) is 0 Å². The molecule has 0 spiro atoms. The van der Waals surface area contributed by atoms with Crippen molar-refractivity contribution in [3.8, 4) is 0 Å². The molecule has 1 aromatic carbocycles. The van der Waals surface area contributed by atoms with Crippen molar-refractivity contribution in [2.75, 3.05) is 0 Å². The summed E-state index contributed by atoms with van der Waals surface area (Å²) in [6, 6.07) is 10.2. The van der Waals surface area contributed by atoms with Crippen LogP contribution in [0.2, 0.25) is 0 Å². The van der Waals surface area contributed by atoms with Gasteiger partial charge < -0.3 is 0 Å². The molecule has 0 atom stereocenters. The molecule has 0 fully saturated rings. The van der Waals surface area contributed by atoms with Crippen LogP contribution in [0.3, 0.4) is 0 Å². The third kappa shape index (κ3) is 17.6. The van der Waals surface area contributed by atoms with Gasteiger partial charge in [-0.1, -0.05) is 45.4 Å². The Morgan fingerprint density at radius 2 is 1.24 bits per heavy atom. The van der Waals surface area contributed by atoms with E-state index in [1.54, 1.807) is 0 Å². The summed E-state index contributed by atoms with van der Waals surface area (Å²) in [5.41, 5.74) is 1.18. The molecule has 0 aliphatic carbocycles. The van der Waals surface area contributed by atoms with E-state index in [2.05, 4.69) is 29.8 Å². The fourth-order valence-corrected chi connectivity index (χ4v) is 5.27. The van der Waals surface area contributed by atoms with Gasteiger partial charge in [-0.15, -0.1) is 0 Å². The van der Waals surface area contributed by atoms with Crippen molar-refractivity contribution in [3.63, 3.8) is 0 Å². The van der Waals surface area contributed by atoms with Crippen LogP contribution in [-0.2, 0) is 25.8 Å². The van der Waals surface area contributed by atoms with E-state index in [-0.39, 0.29) is 5.97 Å². The Bertz CT molecular complexity index is 513. The molecule has 0 bridgehead atoms. The third-order valence-corrected chi connectivity index (χ3v) is 7.36. The van der Waals surface area contributed by atoms with Crippen LogP contribution in [-0.4, -0.2) is 5.97 Å². The normalized spacial score (nSPS) is 10.9. The fraction of sp³-hybridized carbons (Fsp3) is 0.654. The van der Waals surface area contributed by atoms with Crippen molar-refractivity contribution < 1.29 is 25.8 Å². The van der Waals surface area contributed by atoms with Gasteiger partial charge in [0.15, 0.2) is 0 Å². The SMILES string of the molecule is CCCCCCCCCCCCCCCCCC(=O)[O][Zn][CH]=Cc1ccccc1. The summed E-state index contributed by atoms with van der Waals surface area (Å²) < 4.78 is 7.53. The molecule has 3 heteroatoms. The molecule has 1 aromatic rings. The van der Waals surface area contributed by atoms with E-state index >= 15 is 0 Å². The van der Waals surface area contributed by atoms with E-state index < -0.39 is 17.5 Å². The second kappa shape index (κ2) is 20.3. The molecule has 0 radical (unpaired) electrons. The summed E-state index contributed by atoms with van der Waals surface area (Å²) in [5, 5.41) is 0. The van der Waals surface area contributed by atoms with E-state index in [0.29, 0.717) is 6.42 Å². The monoisotopic (exact) mass is 450 g/mol. The van der Waals surface area contributed by atoms with E-state index in [0.717, 1.165) is 6.42 Å². The number of rotatable bonds is 19. The maximum absolute atomic E-state index is 11.8. The minimum atomic E-state index is -1.31. The summed E-state index contributed by atoms with van der Waals surface area (Å²) in [7, 11) is 0. The van der Waals surface area contributed by atoms with Crippen LogP contribution in [0.4, 0.5) is 0 Å². The van der Waals surface area contributed by atoms with Gasteiger partial charge in [0.2, 0.25) is 0 Å². The van der Waals surface area contributed by atoms with Gasteiger partial charge >= 0.3 is 143 Å². The molecule has 160 valence electrons. The quantitative estimate of drug-likeness (QED) is 0.156. The average Bonchev–Trinajstić information content (AvgIpc) is 2.75. The van der Waals surface area contributed by atoms with Gasteiger partial charge in [-0.05, 0) is 0 Å². The first-order chi connectivity index (χ1) is 14.3. The molecule has 1 rings (SSSR count). The van der Waals surface area contributed by atoms with Crippen LogP contribution in [0.15, 0.2) is 35.0 Å². The summed E-state index contributed by atoms with van der Waals surface area (Å²) in [4.78, 5) is 11.8. The zero-order valence-corrected chi connectivity index (χ0v) is 21.8. The first kappa shape index (κ1) is 26.1. The van der Waals surface area contributed by atoms with Crippen LogP contribution < -0.4 is 0 Å². The van der Waals surface area contributed by atoms with Crippen molar-refractivity contribution in [1.29, 1.82) is 0 Å². The molecule has 0 saturated heterocycles. The van der Waals surface area contributed by atoms with Crippen LogP contribution >= 0.6 is 0 Å². The second-order valence-electron chi connectivity index (χ2n) is 8.20. The second-order valence-corrected chi connectivity index (χ2v) is 10.5. The first-order valence-electron chi connectivity index (χ1n) is 12.2.